The molecule has 0 aromatic rings. The number of hydrogen-bond donors (Lipinski definition) is 1. The summed E-state index contributed by atoms with van der Waals surface area (Å²) >= 11 is 0. The topological polar surface area (TPSA) is 29.1 Å². The van der Waals surface area contributed by atoms with Crippen LogP contribution in [-0.2, 0) is 4.79 Å². The number of nitrogens with one attached hydrogen (secondary N) is 1. The van der Waals surface area contributed by atoms with Gasteiger partial charge in [-0.2, -0.15) is 0 Å². The molecule has 1 aliphatic heterocycles. The highest BCUT2D eigenvalue weighted by atomic mass is 16.1. The van der Waals surface area contributed by atoms with Crippen LogP contribution in [0, 0.1) is 5.92 Å². The molecule has 2 heteroatoms. The average Bonchev–Trinajstić information content (AvgIpc) is 2.56. The van der Waals surface area contributed by atoms with Crippen LogP contribution in [0.4, 0.5) is 0 Å². The molecule has 0 aromatic heterocycles. The maximum absolute atomic E-state index is 11.6. The van der Waals surface area contributed by atoms with Gasteiger partial charge < -0.3 is 5.32 Å². The van der Waals surface area contributed by atoms with E-state index in [1.165, 1.54) is 25.7 Å². The summed E-state index contributed by atoms with van der Waals surface area (Å²) in [7, 11) is 0. The van der Waals surface area contributed by atoms with E-state index in [2.05, 4.69) is 19.2 Å². The standard InChI is InChI=1S/C12H23NO/c1-3-5-10(2)8-12(14)9-11-6-4-7-13-11/h10-11,13H,3-9H2,1-2H3. The van der Waals surface area contributed by atoms with Crippen molar-refractivity contribution in [1.29, 1.82) is 0 Å². The molecule has 1 N–H and O–H groups in total. The first kappa shape index (κ1) is 11.7. The van der Waals surface area contributed by atoms with Crippen molar-refractivity contribution in [3.05, 3.63) is 0 Å². The maximum Gasteiger partial charge on any atom is 0.134 e. The van der Waals surface area contributed by atoms with Crippen molar-refractivity contribution in [2.24, 2.45) is 5.92 Å². The number of rotatable bonds is 6. The first-order chi connectivity index (χ1) is 6.72. The van der Waals surface area contributed by atoms with Gasteiger partial charge in [0.1, 0.15) is 5.78 Å². The Balaban J connectivity index is 2.14. The summed E-state index contributed by atoms with van der Waals surface area (Å²) < 4.78 is 0. The molecule has 1 heterocycles. The molecule has 0 radical (unpaired) electrons. The minimum atomic E-state index is 0.449. The highest BCUT2D eigenvalue weighted by Gasteiger charge is 2.18. The van der Waals surface area contributed by atoms with Gasteiger partial charge in [0.25, 0.3) is 0 Å². The lowest BCUT2D eigenvalue weighted by molar-refractivity contribution is -0.120. The maximum atomic E-state index is 11.6. The average molecular weight is 197 g/mol. The van der Waals surface area contributed by atoms with Crippen LogP contribution in [0.25, 0.3) is 0 Å². The lowest BCUT2D eigenvalue weighted by atomic mass is 9.96. The van der Waals surface area contributed by atoms with Crippen LogP contribution in [0.2, 0.25) is 0 Å². The Bertz CT molecular complexity index is 173. The van der Waals surface area contributed by atoms with E-state index in [1.54, 1.807) is 0 Å². The molecule has 2 nitrogen and oxygen atoms in total. The third-order valence-electron chi connectivity index (χ3n) is 2.99. The van der Waals surface area contributed by atoms with Gasteiger partial charge in [-0.3, -0.25) is 4.79 Å². The van der Waals surface area contributed by atoms with Gasteiger partial charge in [0.15, 0.2) is 0 Å². The van der Waals surface area contributed by atoms with Gasteiger partial charge in [0.2, 0.25) is 0 Å². The Hall–Kier alpha value is -0.370. The van der Waals surface area contributed by atoms with Crippen LogP contribution in [0.1, 0.15) is 52.4 Å². The molecule has 0 saturated carbocycles. The summed E-state index contributed by atoms with van der Waals surface area (Å²) in [5, 5.41) is 3.37. The van der Waals surface area contributed by atoms with Crippen LogP contribution in [0.3, 0.4) is 0 Å². The normalized spacial score (nSPS) is 23.7. The van der Waals surface area contributed by atoms with Crippen molar-refractivity contribution in [3.63, 3.8) is 0 Å². The van der Waals surface area contributed by atoms with Gasteiger partial charge in [-0.1, -0.05) is 26.7 Å². The van der Waals surface area contributed by atoms with E-state index < -0.39 is 0 Å². The molecule has 0 aliphatic carbocycles. The fourth-order valence-corrected chi connectivity index (χ4v) is 2.27. The zero-order chi connectivity index (χ0) is 10.4. The summed E-state index contributed by atoms with van der Waals surface area (Å²) in [4.78, 5) is 11.6. The predicted molar refractivity (Wildman–Crippen MR) is 59.3 cm³/mol. The second kappa shape index (κ2) is 6.18. The van der Waals surface area contributed by atoms with Crippen molar-refractivity contribution in [2.45, 2.75) is 58.4 Å². The Morgan fingerprint density at radius 3 is 2.93 bits per heavy atom. The summed E-state index contributed by atoms with van der Waals surface area (Å²) in [6.07, 6.45) is 6.34. The van der Waals surface area contributed by atoms with E-state index in [0.717, 1.165) is 19.4 Å². The van der Waals surface area contributed by atoms with E-state index in [4.69, 9.17) is 0 Å². The van der Waals surface area contributed by atoms with E-state index in [0.29, 0.717) is 17.7 Å². The highest BCUT2D eigenvalue weighted by Crippen LogP contribution is 2.15. The van der Waals surface area contributed by atoms with E-state index in [-0.39, 0.29) is 0 Å². The van der Waals surface area contributed by atoms with Crippen LogP contribution in [0.15, 0.2) is 0 Å². The second-order valence-electron chi connectivity index (χ2n) is 4.63. The Kier molecular flexibility index (Phi) is 5.16. The van der Waals surface area contributed by atoms with Gasteiger partial charge >= 0.3 is 0 Å². The molecule has 1 rings (SSSR count). The van der Waals surface area contributed by atoms with Crippen LogP contribution < -0.4 is 5.32 Å². The molecule has 2 unspecified atom stereocenters. The van der Waals surface area contributed by atoms with Crippen molar-refractivity contribution in [2.75, 3.05) is 6.54 Å². The summed E-state index contributed by atoms with van der Waals surface area (Å²) in [5.41, 5.74) is 0. The van der Waals surface area contributed by atoms with Crippen LogP contribution >= 0.6 is 0 Å². The fraction of sp³-hybridized carbons (Fsp3) is 0.917. The SMILES string of the molecule is CCCC(C)CC(=O)CC1CCCN1. The largest absolute Gasteiger partial charge is 0.314 e. The molecule has 0 bridgehead atoms. The summed E-state index contributed by atoms with van der Waals surface area (Å²) in [6.45, 7) is 5.46. The Morgan fingerprint density at radius 2 is 2.36 bits per heavy atom. The van der Waals surface area contributed by atoms with Crippen molar-refractivity contribution < 1.29 is 4.79 Å². The third-order valence-corrected chi connectivity index (χ3v) is 2.99. The Labute approximate surface area is 87.5 Å². The number of ketones is 1. The molecule has 1 aliphatic rings. The number of hydrogen-bond acceptors (Lipinski definition) is 2. The van der Waals surface area contributed by atoms with Crippen molar-refractivity contribution in [3.8, 4) is 0 Å². The quantitative estimate of drug-likeness (QED) is 0.709. The number of carbonyl (C=O) groups is 1. The number of carbonyl (C=O) groups excluding carboxylic acids is 1. The van der Waals surface area contributed by atoms with Gasteiger partial charge in [-0.25, -0.2) is 0 Å². The molecule has 14 heavy (non-hydrogen) atoms. The van der Waals surface area contributed by atoms with E-state index in [9.17, 15) is 4.79 Å². The first-order valence-electron chi connectivity index (χ1n) is 5.97. The van der Waals surface area contributed by atoms with Gasteiger partial charge in [-0.05, 0) is 25.3 Å². The highest BCUT2D eigenvalue weighted by molar-refractivity contribution is 5.79. The lowest BCUT2D eigenvalue weighted by Crippen LogP contribution is -2.25. The molecule has 1 fully saturated rings. The lowest BCUT2D eigenvalue weighted by Gasteiger charge is -2.12. The monoisotopic (exact) mass is 197 g/mol. The molecule has 0 spiro atoms. The van der Waals surface area contributed by atoms with Gasteiger partial charge in [0.05, 0.1) is 0 Å². The third kappa shape index (κ3) is 4.23. The van der Waals surface area contributed by atoms with Gasteiger partial charge in [0, 0.05) is 18.9 Å². The molecular weight excluding hydrogens is 174 g/mol. The van der Waals surface area contributed by atoms with Crippen molar-refractivity contribution in [1.82, 2.24) is 5.32 Å². The zero-order valence-corrected chi connectivity index (χ0v) is 9.51. The molecule has 0 amide bonds. The summed E-state index contributed by atoms with van der Waals surface area (Å²) in [5.74, 6) is 1.03. The van der Waals surface area contributed by atoms with E-state index in [1.807, 2.05) is 0 Å². The van der Waals surface area contributed by atoms with Crippen LogP contribution in [-0.4, -0.2) is 18.4 Å². The van der Waals surface area contributed by atoms with Crippen LogP contribution in [0.5, 0.6) is 0 Å². The minimum Gasteiger partial charge on any atom is -0.314 e. The molecular formula is C12H23NO. The number of Topliss-reactive ketones (excluding diaryl/α,β-unsaturated/α-hetero) is 1. The van der Waals surface area contributed by atoms with Crippen molar-refractivity contribution >= 4 is 5.78 Å². The first-order valence-corrected chi connectivity index (χ1v) is 5.97. The Morgan fingerprint density at radius 1 is 1.57 bits per heavy atom. The molecule has 2 atom stereocenters. The minimum absolute atomic E-state index is 0.449. The predicted octanol–water partition coefficient (Wildman–Crippen LogP) is 2.52. The second-order valence-corrected chi connectivity index (χ2v) is 4.63. The summed E-state index contributed by atoms with van der Waals surface area (Å²) in [6, 6.07) is 0.483. The fourth-order valence-electron chi connectivity index (χ4n) is 2.27. The smallest absolute Gasteiger partial charge is 0.134 e. The molecule has 82 valence electrons. The molecule has 1 saturated heterocycles. The molecule has 0 aromatic carbocycles. The van der Waals surface area contributed by atoms with E-state index >= 15 is 0 Å². The zero-order valence-electron chi connectivity index (χ0n) is 9.51. The van der Waals surface area contributed by atoms with Gasteiger partial charge in [-0.15, -0.1) is 0 Å².